The predicted molar refractivity (Wildman–Crippen MR) is 196 cm³/mol. The Morgan fingerprint density at radius 3 is 2.18 bits per heavy atom. The molecule has 0 bridgehead atoms. The maximum atomic E-state index is 13.3. The Bertz CT molecular complexity index is 1720. The second-order valence-electron chi connectivity index (χ2n) is 12.5. The van der Waals surface area contributed by atoms with Gasteiger partial charge in [-0.15, -0.1) is 0 Å². The van der Waals surface area contributed by atoms with Gasteiger partial charge in [0, 0.05) is 44.2 Å². The van der Waals surface area contributed by atoms with E-state index < -0.39 is 0 Å². The molecule has 1 aliphatic heterocycles. The van der Waals surface area contributed by atoms with E-state index >= 15 is 0 Å². The minimum atomic E-state index is -0.198. The van der Waals surface area contributed by atoms with E-state index in [2.05, 4.69) is 39.9 Å². The number of carbonyl (C=O) groups is 3. The zero-order valence-electron chi connectivity index (χ0n) is 28.6. The highest BCUT2D eigenvalue weighted by Gasteiger charge is 2.23. The first kappa shape index (κ1) is 35.7. The number of anilines is 1. The molecule has 0 saturated heterocycles. The van der Waals surface area contributed by atoms with Crippen molar-refractivity contribution < 1.29 is 19.1 Å². The van der Waals surface area contributed by atoms with Crippen molar-refractivity contribution in [1.82, 2.24) is 15.1 Å². The molecule has 50 heavy (non-hydrogen) atoms. The van der Waals surface area contributed by atoms with Gasteiger partial charge in [-0.2, -0.15) is 0 Å². The van der Waals surface area contributed by atoms with E-state index in [-0.39, 0.29) is 30.2 Å². The lowest BCUT2D eigenvalue weighted by molar-refractivity contribution is -0.132. The minimum Gasteiger partial charge on any atom is -0.493 e. The molecular formula is C40H46N6O4. The summed E-state index contributed by atoms with van der Waals surface area (Å²) in [6.07, 6.45) is 4.08. The van der Waals surface area contributed by atoms with Crippen LogP contribution in [0.4, 0.5) is 11.4 Å². The maximum absolute atomic E-state index is 13.3. The van der Waals surface area contributed by atoms with Crippen LogP contribution in [0.2, 0.25) is 0 Å². The normalized spacial score (nSPS) is 12.0. The fourth-order valence-corrected chi connectivity index (χ4v) is 5.86. The molecule has 5 rings (SSSR count). The minimum absolute atomic E-state index is 0.0430. The Morgan fingerprint density at radius 1 is 0.820 bits per heavy atom. The van der Waals surface area contributed by atoms with Crippen LogP contribution in [0.15, 0.2) is 108 Å². The first-order chi connectivity index (χ1) is 24.3. The zero-order valence-corrected chi connectivity index (χ0v) is 28.6. The molecule has 3 amide bonds. The van der Waals surface area contributed by atoms with Crippen molar-refractivity contribution in [3.05, 3.63) is 125 Å². The van der Waals surface area contributed by atoms with E-state index in [0.717, 1.165) is 59.4 Å². The summed E-state index contributed by atoms with van der Waals surface area (Å²) < 4.78 is 6.19. The standard InChI is InChI=1S/C40H46N6O4/c1-30(47)43-34-19-12-18-33(24-34)25-42-38(48)29-46-28-35-36(44-40(46)41)20-13-21-37(35)50-23-11-3-2-10-22-39(49)45(26-31-14-6-4-7-15-31)27-32-16-8-5-9-17-32/h4-9,12-21,24H,2-3,10-11,22-23,25-29H2,1H3,(H2,41,44)(H,42,48)(H,43,47). The van der Waals surface area contributed by atoms with Crippen LogP contribution in [0.1, 0.15) is 61.3 Å². The van der Waals surface area contributed by atoms with Crippen molar-refractivity contribution in [2.45, 2.75) is 65.2 Å². The molecular weight excluding hydrogens is 628 g/mol. The summed E-state index contributed by atoms with van der Waals surface area (Å²) in [5, 5.41) is 5.67. The summed E-state index contributed by atoms with van der Waals surface area (Å²) in [7, 11) is 0. The molecule has 0 unspecified atom stereocenters. The van der Waals surface area contributed by atoms with Crippen molar-refractivity contribution in [3.63, 3.8) is 0 Å². The van der Waals surface area contributed by atoms with Crippen molar-refractivity contribution in [2.75, 3.05) is 18.5 Å². The van der Waals surface area contributed by atoms with Gasteiger partial charge in [-0.25, -0.2) is 4.99 Å². The first-order valence-electron chi connectivity index (χ1n) is 17.2. The van der Waals surface area contributed by atoms with Crippen LogP contribution in [0.25, 0.3) is 0 Å². The largest absolute Gasteiger partial charge is 0.493 e. The second kappa shape index (κ2) is 18.2. The number of nitrogens with one attached hydrogen (secondary N) is 2. The SMILES string of the molecule is CC(=O)Nc1cccc(CNC(=O)CN2Cc3c(cccc3OCCCCCCC(=O)N(Cc3ccccc3)Cc3ccccc3)N=C2N)c1. The van der Waals surface area contributed by atoms with Crippen molar-refractivity contribution in [1.29, 1.82) is 0 Å². The third-order valence-electron chi connectivity index (χ3n) is 8.42. The number of benzene rings is 4. The monoisotopic (exact) mass is 674 g/mol. The quantitative estimate of drug-likeness (QED) is 0.113. The summed E-state index contributed by atoms with van der Waals surface area (Å²) in [6.45, 7) is 3.94. The summed E-state index contributed by atoms with van der Waals surface area (Å²) >= 11 is 0. The van der Waals surface area contributed by atoms with Crippen LogP contribution >= 0.6 is 0 Å². The lowest BCUT2D eigenvalue weighted by Gasteiger charge is -2.28. The van der Waals surface area contributed by atoms with Gasteiger partial charge in [0.15, 0.2) is 5.96 Å². The number of hydrogen-bond acceptors (Lipinski definition) is 7. The molecule has 4 N–H and O–H groups in total. The van der Waals surface area contributed by atoms with Gasteiger partial charge < -0.3 is 30.9 Å². The Kier molecular flexibility index (Phi) is 13.0. The molecule has 10 heteroatoms. The van der Waals surface area contributed by atoms with Gasteiger partial charge in [-0.1, -0.05) is 91.7 Å². The fourth-order valence-electron chi connectivity index (χ4n) is 5.86. The Morgan fingerprint density at radius 2 is 1.48 bits per heavy atom. The maximum Gasteiger partial charge on any atom is 0.239 e. The molecule has 0 aliphatic carbocycles. The number of nitrogens with two attached hydrogens (primary N) is 1. The number of aliphatic imine (C=N–C) groups is 1. The van der Waals surface area contributed by atoms with Crippen molar-refractivity contribution >= 4 is 35.1 Å². The van der Waals surface area contributed by atoms with Gasteiger partial charge >= 0.3 is 0 Å². The van der Waals surface area contributed by atoms with E-state index in [4.69, 9.17) is 10.5 Å². The third-order valence-corrected chi connectivity index (χ3v) is 8.42. The number of ether oxygens (including phenoxy) is 1. The summed E-state index contributed by atoms with van der Waals surface area (Å²) in [4.78, 5) is 45.7. The van der Waals surface area contributed by atoms with E-state index in [9.17, 15) is 14.4 Å². The van der Waals surface area contributed by atoms with Crippen LogP contribution in [0.3, 0.4) is 0 Å². The van der Waals surface area contributed by atoms with Crippen LogP contribution in [0, 0.1) is 0 Å². The van der Waals surface area contributed by atoms with Gasteiger partial charge in [0.2, 0.25) is 17.7 Å². The lowest BCUT2D eigenvalue weighted by Crippen LogP contribution is -2.44. The molecule has 0 radical (unpaired) electrons. The highest BCUT2D eigenvalue weighted by molar-refractivity contribution is 5.89. The number of nitrogens with zero attached hydrogens (tertiary/aromatic N) is 3. The average Bonchev–Trinajstić information content (AvgIpc) is 3.11. The van der Waals surface area contributed by atoms with Gasteiger partial charge in [0.05, 0.1) is 18.8 Å². The summed E-state index contributed by atoms with van der Waals surface area (Å²) in [5.74, 6) is 0.819. The first-order valence-corrected chi connectivity index (χ1v) is 17.2. The van der Waals surface area contributed by atoms with Crippen molar-refractivity contribution in [2.24, 2.45) is 10.7 Å². The molecule has 0 spiro atoms. The molecule has 10 nitrogen and oxygen atoms in total. The topological polar surface area (TPSA) is 129 Å². The Labute approximate surface area is 294 Å². The summed E-state index contributed by atoms with van der Waals surface area (Å²) in [6, 6.07) is 33.3. The van der Waals surface area contributed by atoms with E-state index in [0.29, 0.717) is 44.9 Å². The van der Waals surface area contributed by atoms with Crippen LogP contribution in [0.5, 0.6) is 5.75 Å². The number of carbonyl (C=O) groups excluding carboxylic acids is 3. The summed E-state index contributed by atoms with van der Waals surface area (Å²) in [5.41, 5.74) is 11.7. The molecule has 4 aromatic rings. The Balaban J connectivity index is 1.05. The van der Waals surface area contributed by atoms with Crippen LogP contribution in [-0.4, -0.2) is 46.6 Å². The second-order valence-corrected chi connectivity index (χ2v) is 12.5. The van der Waals surface area contributed by atoms with Crippen molar-refractivity contribution in [3.8, 4) is 5.75 Å². The number of fused-ring (bicyclic) bond motifs is 1. The number of amides is 3. The van der Waals surface area contributed by atoms with Gasteiger partial charge in [0.1, 0.15) is 12.3 Å². The van der Waals surface area contributed by atoms with Crippen LogP contribution < -0.4 is 21.1 Å². The average molecular weight is 675 g/mol. The molecule has 0 aromatic heterocycles. The number of guanidine groups is 1. The van der Waals surface area contributed by atoms with E-state index in [1.54, 1.807) is 11.0 Å². The fraction of sp³-hybridized carbons (Fsp3) is 0.300. The third kappa shape index (κ3) is 10.9. The van der Waals surface area contributed by atoms with E-state index in [1.165, 1.54) is 6.92 Å². The number of hydrogen-bond donors (Lipinski definition) is 3. The molecule has 260 valence electrons. The molecule has 0 saturated carbocycles. The zero-order chi connectivity index (χ0) is 35.1. The Hall–Kier alpha value is -5.64. The van der Waals surface area contributed by atoms with E-state index in [1.807, 2.05) is 77.7 Å². The predicted octanol–water partition coefficient (Wildman–Crippen LogP) is 6.28. The molecule has 0 atom stereocenters. The van der Waals surface area contributed by atoms with Gasteiger partial charge in [0.25, 0.3) is 0 Å². The smallest absolute Gasteiger partial charge is 0.239 e. The van der Waals surface area contributed by atoms with Crippen LogP contribution in [-0.2, 0) is 40.6 Å². The molecule has 1 heterocycles. The number of unbranched alkanes of at least 4 members (excludes halogenated alkanes) is 3. The highest BCUT2D eigenvalue weighted by Crippen LogP contribution is 2.33. The molecule has 4 aromatic carbocycles. The van der Waals surface area contributed by atoms with Gasteiger partial charge in [-0.3, -0.25) is 14.4 Å². The van der Waals surface area contributed by atoms with Gasteiger partial charge in [-0.05, 0) is 53.8 Å². The molecule has 1 aliphatic rings. The highest BCUT2D eigenvalue weighted by atomic mass is 16.5. The molecule has 0 fully saturated rings. The number of rotatable bonds is 17. The lowest BCUT2D eigenvalue weighted by atomic mass is 10.1.